The van der Waals surface area contributed by atoms with Crippen LogP contribution in [0.4, 0.5) is 0 Å². The summed E-state index contributed by atoms with van der Waals surface area (Å²) in [4.78, 5) is 13.2. The predicted molar refractivity (Wildman–Crippen MR) is 51.9 cm³/mol. The zero-order valence-corrected chi connectivity index (χ0v) is 8.13. The summed E-state index contributed by atoms with van der Waals surface area (Å²) in [6.07, 6.45) is 1.72. The lowest BCUT2D eigenvalue weighted by Gasteiger charge is -2.25. The van der Waals surface area contributed by atoms with Gasteiger partial charge in [0.15, 0.2) is 0 Å². The van der Waals surface area contributed by atoms with Crippen LogP contribution < -0.4 is 0 Å². The number of nitrogens with zero attached hydrogens (tertiary/aromatic N) is 1. The fraction of sp³-hybridized carbons (Fsp3) is 0.500. The molecule has 0 spiro atoms. The van der Waals surface area contributed by atoms with Crippen molar-refractivity contribution < 1.29 is 4.79 Å². The number of rotatable bonds is 4. The van der Waals surface area contributed by atoms with Gasteiger partial charge in [0.1, 0.15) is 0 Å². The van der Waals surface area contributed by atoms with Gasteiger partial charge in [0.05, 0.1) is 0 Å². The molecule has 68 valence electrons. The molecule has 0 saturated heterocycles. The van der Waals surface area contributed by atoms with Gasteiger partial charge < -0.3 is 4.90 Å². The van der Waals surface area contributed by atoms with Crippen molar-refractivity contribution in [1.82, 2.24) is 4.90 Å². The molecule has 0 radical (unpaired) electrons. The van der Waals surface area contributed by atoms with Crippen molar-refractivity contribution >= 4 is 5.91 Å². The van der Waals surface area contributed by atoms with E-state index in [9.17, 15) is 4.79 Å². The van der Waals surface area contributed by atoms with Crippen molar-refractivity contribution in [3.05, 3.63) is 24.8 Å². The topological polar surface area (TPSA) is 20.3 Å². The van der Waals surface area contributed by atoms with Crippen molar-refractivity contribution in [2.45, 2.75) is 26.8 Å². The van der Waals surface area contributed by atoms with Crippen molar-refractivity contribution in [3.8, 4) is 0 Å². The van der Waals surface area contributed by atoms with Gasteiger partial charge in [-0.25, -0.2) is 0 Å². The smallest absolute Gasteiger partial charge is 0.249 e. The maximum Gasteiger partial charge on any atom is 0.249 e. The van der Waals surface area contributed by atoms with Crippen molar-refractivity contribution in [3.63, 3.8) is 0 Å². The number of hydrogen-bond donors (Lipinski definition) is 0. The normalized spacial score (nSPS) is 9.67. The van der Waals surface area contributed by atoms with E-state index in [1.54, 1.807) is 17.9 Å². The number of carbonyl (C=O) groups excluding carboxylic acids is 1. The van der Waals surface area contributed by atoms with Crippen LogP contribution in [0, 0.1) is 0 Å². The van der Waals surface area contributed by atoms with Crippen LogP contribution in [0.2, 0.25) is 0 Å². The first-order valence-electron chi connectivity index (χ1n) is 4.08. The average Bonchev–Trinajstić information content (AvgIpc) is 1.98. The third-order valence-electron chi connectivity index (χ3n) is 1.58. The Bertz CT molecular complexity index is 194. The fourth-order valence-corrected chi connectivity index (χ4v) is 0.912. The summed E-state index contributed by atoms with van der Waals surface area (Å²) in [5, 5.41) is 0. The van der Waals surface area contributed by atoms with Crippen LogP contribution in [0.1, 0.15) is 20.8 Å². The first-order chi connectivity index (χ1) is 5.50. The maximum atomic E-state index is 11.5. The van der Waals surface area contributed by atoms with Crippen molar-refractivity contribution in [2.75, 3.05) is 6.54 Å². The van der Waals surface area contributed by atoms with Crippen LogP contribution in [0.15, 0.2) is 24.8 Å². The molecule has 0 fully saturated rings. The van der Waals surface area contributed by atoms with Crippen LogP contribution in [0.25, 0.3) is 0 Å². The molecule has 2 heteroatoms. The Balaban J connectivity index is 4.39. The van der Waals surface area contributed by atoms with Crippen LogP contribution >= 0.6 is 0 Å². The largest absolute Gasteiger partial charge is 0.333 e. The Morgan fingerprint density at radius 3 is 2.33 bits per heavy atom. The van der Waals surface area contributed by atoms with Crippen molar-refractivity contribution in [1.29, 1.82) is 0 Å². The monoisotopic (exact) mass is 167 g/mol. The molecule has 0 aliphatic heterocycles. The molecule has 2 nitrogen and oxygen atoms in total. The van der Waals surface area contributed by atoms with Gasteiger partial charge in [-0.3, -0.25) is 4.79 Å². The van der Waals surface area contributed by atoms with E-state index in [-0.39, 0.29) is 11.9 Å². The van der Waals surface area contributed by atoms with Gasteiger partial charge in [-0.15, -0.1) is 6.58 Å². The quantitative estimate of drug-likeness (QED) is 0.463. The second kappa shape index (κ2) is 4.75. The van der Waals surface area contributed by atoms with Crippen LogP contribution in [-0.2, 0) is 4.79 Å². The fourth-order valence-electron chi connectivity index (χ4n) is 0.912. The third-order valence-corrected chi connectivity index (χ3v) is 1.58. The van der Waals surface area contributed by atoms with Gasteiger partial charge in [0, 0.05) is 18.2 Å². The zero-order chi connectivity index (χ0) is 9.72. The minimum absolute atomic E-state index is 0.00454. The zero-order valence-electron chi connectivity index (χ0n) is 8.13. The van der Waals surface area contributed by atoms with E-state index in [1.165, 1.54) is 0 Å². The Labute approximate surface area is 74.6 Å². The second-order valence-corrected chi connectivity index (χ2v) is 3.12. The van der Waals surface area contributed by atoms with Gasteiger partial charge in [-0.05, 0) is 20.8 Å². The van der Waals surface area contributed by atoms with E-state index >= 15 is 0 Å². The molecule has 0 aliphatic carbocycles. The molecule has 0 N–H and O–H groups in total. The lowest BCUT2D eigenvalue weighted by atomic mass is 10.2. The molecule has 1 amide bonds. The highest BCUT2D eigenvalue weighted by molar-refractivity contribution is 5.92. The van der Waals surface area contributed by atoms with Crippen LogP contribution in [0.5, 0.6) is 0 Å². The molecular formula is C10H17NO. The van der Waals surface area contributed by atoms with Crippen LogP contribution in [-0.4, -0.2) is 23.4 Å². The molecule has 0 saturated carbocycles. The summed E-state index contributed by atoms with van der Waals surface area (Å²) in [6, 6.07) is 0.201. The van der Waals surface area contributed by atoms with E-state index < -0.39 is 0 Å². The highest BCUT2D eigenvalue weighted by Gasteiger charge is 2.14. The van der Waals surface area contributed by atoms with Crippen molar-refractivity contribution in [2.24, 2.45) is 0 Å². The maximum absolute atomic E-state index is 11.5. The molecule has 0 unspecified atom stereocenters. The van der Waals surface area contributed by atoms with Gasteiger partial charge in [-0.2, -0.15) is 0 Å². The van der Waals surface area contributed by atoms with Gasteiger partial charge in [0.2, 0.25) is 5.91 Å². The second-order valence-electron chi connectivity index (χ2n) is 3.12. The summed E-state index contributed by atoms with van der Waals surface area (Å²) in [5.41, 5.74) is 0.575. The standard InChI is InChI=1S/C10H17NO/c1-6-7-11(9(4)5)10(12)8(2)3/h6,9H,1-2,7H2,3-5H3. The molecule has 0 bridgehead atoms. The number of hydrogen-bond acceptors (Lipinski definition) is 1. The highest BCUT2D eigenvalue weighted by Crippen LogP contribution is 2.03. The van der Waals surface area contributed by atoms with Gasteiger partial charge in [-0.1, -0.05) is 12.7 Å². The molecule has 0 atom stereocenters. The van der Waals surface area contributed by atoms with Crippen LogP contribution in [0.3, 0.4) is 0 Å². The van der Waals surface area contributed by atoms with E-state index in [1.807, 2.05) is 13.8 Å². The highest BCUT2D eigenvalue weighted by atomic mass is 16.2. The van der Waals surface area contributed by atoms with Gasteiger partial charge >= 0.3 is 0 Å². The molecule has 0 aromatic heterocycles. The Morgan fingerprint density at radius 2 is 2.08 bits per heavy atom. The average molecular weight is 167 g/mol. The molecule has 12 heavy (non-hydrogen) atoms. The Morgan fingerprint density at radius 1 is 1.58 bits per heavy atom. The van der Waals surface area contributed by atoms with Gasteiger partial charge in [0.25, 0.3) is 0 Å². The summed E-state index contributed by atoms with van der Waals surface area (Å²) >= 11 is 0. The first-order valence-corrected chi connectivity index (χ1v) is 4.08. The summed E-state index contributed by atoms with van der Waals surface area (Å²) < 4.78 is 0. The Hall–Kier alpha value is -1.05. The number of amides is 1. The van der Waals surface area contributed by atoms with E-state index in [0.29, 0.717) is 12.1 Å². The minimum Gasteiger partial charge on any atom is -0.333 e. The summed E-state index contributed by atoms with van der Waals surface area (Å²) in [7, 11) is 0. The van der Waals surface area contributed by atoms with E-state index in [2.05, 4.69) is 13.2 Å². The predicted octanol–water partition coefficient (Wildman–Crippen LogP) is 1.99. The minimum atomic E-state index is 0.00454. The molecule has 0 heterocycles. The molecule has 0 rings (SSSR count). The lowest BCUT2D eigenvalue weighted by Crippen LogP contribution is -2.37. The Kier molecular flexibility index (Phi) is 4.34. The SMILES string of the molecule is C=CCN(C(=O)C(=C)C)C(C)C. The summed E-state index contributed by atoms with van der Waals surface area (Å²) in [6.45, 7) is 13.5. The van der Waals surface area contributed by atoms with E-state index in [4.69, 9.17) is 0 Å². The molecular weight excluding hydrogens is 150 g/mol. The molecule has 0 aromatic rings. The first kappa shape index (κ1) is 11.0. The number of carbonyl (C=O) groups is 1. The van der Waals surface area contributed by atoms with E-state index in [0.717, 1.165) is 0 Å². The summed E-state index contributed by atoms with van der Waals surface area (Å²) in [5.74, 6) is 0.00454. The molecule has 0 aromatic carbocycles. The lowest BCUT2D eigenvalue weighted by molar-refractivity contribution is -0.128. The third kappa shape index (κ3) is 2.91. The molecule has 0 aliphatic rings.